The molecule has 3 fully saturated rings. The van der Waals surface area contributed by atoms with Crippen LogP contribution in [0.15, 0.2) is 48.5 Å². The summed E-state index contributed by atoms with van der Waals surface area (Å²) in [5, 5.41) is 3.36. The zero-order chi connectivity index (χ0) is 27.9. The second-order valence-corrected chi connectivity index (χ2v) is 11.1. The maximum atomic E-state index is 13.9. The maximum absolute atomic E-state index is 13.9. The third-order valence-corrected chi connectivity index (χ3v) is 8.53. The number of carbonyl (C=O) groups is 2. The number of hydrogen-bond donors (Lipinski definition) is 1. The predicted molar refractivity (Wildman–Crippen MR) is 153 cm³/mol. The number of hydrogen-bond acceptors (Lipinski definition) is 6. The van der Waals surface area contributed by atoms with Crippen molar-refractivity contribution in [2.24, 2.45) is 0 Å². The lowest BCUT2D eigenvalue weighted by Gasteiger charge is -2.33. The van der Waals surface area contributed by atoms with Crippen LogP contribution >= 0.6 is 0 Å². The topological polar surface area (TPSA) is 68.4 Å². The molecule has 1 N–H and O–H groups in total. The lowest BCUT2D eigenvalue weighted by molar-refractivity contribution is -0.135. The Kier molecular flexibility index (Phi) is 9.80. The molecule has 3 heterocycles. The number of amides is 2. The van der Waals surface area contributed by atoms with Crippen LogP contribution in [0.3, 0.4) is 0 Å². The second-order valence-electron chi connectivity index (χ2n) is 11.1. The minimum absolute atomic E-state index is 0.0192. The number of ether oxygens (including phenoxy) is 1. The Morgan fingerprint density at radius 2 is 1.80 bits per heavy atom. The second kappa shape index (κ2) is 13.7. The fourth-order valence-electron chi connectivity index (χ4n) is 6.06. The zero-order valence-corrected chi connectivity index (χ0v) is 23.6. The first-order chi connectivity index (χ1) is 19.5. The number of rotatable bonds is 8. The molecule has 2 aromatic carbocycles. The molecule has 2 amide bonds. The summed E-state index contributed by atoms with van der Waals surface area (Å²) < 4.78 is 19.2. The quantitative estimate of drug-likeness (QED) is 0.544. The molecule has 3 saturated heterocycles. The highest BCUT2D eigenvalue weighted by atomic mass is 19.1. The number of aryl methyl sites for hydroxylation is 1. The molecule has 0 aliphatic carbocycles. The maximum Gasteiger partial charge on any atom is 0.254 e. The van der Waals surface area contributed by atoms with Gasteiger partial charge in [-0.05, 0) is 61.7 Å². The molecular formula is C31H42FN5O3. The molecule has 3 aliphatic rings. The number of nitrogens with one attached hydrogen (secondary N) is 1. The third kappa shape index (κ3) is 7.07. The zero-order valence-electron chi connectivity index (χ0n) is 23.6. The van der Waals surface area contributed by atoms with E-state index in [1.165, 1.54) is 35.4 Å². The van der Waals surface area contributed by atoms with E-state index < -0.39 is 6.04 Å². The van der Waals surface area contributed by atoms with Crippen LogP contribution in [0.1, 0.15) is 34.3 Å². The van der Waals surface area contributed by atoms with Gasteiger partial charge in [0.05, 0.1) is 13.2 Å². The van der Waals surface area contributed by atoms with Crippen molar-refractivity contribution in [3.8, 4) is 0 Å². The number of nitrogens with zero attached hydrogens (tertiary/aromatic N) is 4. The van der Waals surface area contributed by atoms with Gasteiger partial charge in [0.25, 0.3) is 5.91 Å². The summed E-state index contributed by atoms with van der Waals surface area (Å²) in [7, 11) is 0. The van der Waals surface area contributed by atoms with Crippen LogP contribution in [0.4, 0.5) is 4.39 Å². The van der Waals surface area contributed by atoms with E-state index in [0.717, 1.165) is 65.4 Å². The van der Waals surface area contributed by atoms with Crippen LogP contribution in [-0.4, -0.2) is 116 Å². The number of halogens is 1. The van der Waals surface area contributed by atoms with Crippen molar-refractivity contribution in [1.29, 1.82) is 0 Å². The first kappa shape index (κ1) is 28.7. The van der Waals surface area contributed by atoms with E-state index in [4.69, 9.17) is 4.74 Å². The Hall–Kier alpha value is -2.85. The van der Waals surface area contributed by atoms with Gasteiger partial charge in [0.15, 0.2) is 0 Å². The van der Waals surface area contributed by atoms with Crippen LogP contribution in [-0.2, 0) is 16.1 Å². The minimum atomic E-state index is -0.539. The van der Waals surface area contributed by atoms with Gasteiger partial charge < -0.3 is 19.9 Å². The van der Waals surface area contributed by atoms with Crippen molar-refractivity contribution < 1.29 is 18.7 Å². The number of likely N-dealkylation sites (tertiary alicyclic amines) is 1. The first-order valence-electron chi connectivity index (χ1n) is 14.6. The first-order valence-corrected chi connectivity index (χ1v) is 14.6. The predicted octanol–water partition coefficient (Wildman–Crippen LogP) is 2.37. The minimum Gasteiger partial charge on any atom is -0.379 e. The van der Waals surface area contributed by atoms with Gasteiger partial charge in [0.1, 0.15) is 11.9 Å². The lowest BCUT2D eigenvalue weighted by atomic mass is 10.1. The van der Waals surface area contributed by atoms with Crippen LogP contribution < -0.4 is 5.32 Å². The Labute approximate surface area is 237 Å². The number of morpholine rings is 1. The van der Waals surface area contributed by atoms with Crippen molar-refractivity contribution in [3.05, 3.63) is 71.0 Å². The number of carbonyl (C=O) groups excluding carboxylic acids is 2. The highest BCUT2D eigenvalue weighted by Crippen LogP contribution is 2.28. The van der Waals surface area contributed by atoms with Gasteiger partial charge in [0, 0.05) is 70.5 Å². The molecule has 0 aromatic heterocycles. The van der Waals surface area contributed by atoms with Crippen LogP contribution in [0, 0.1) is 12.7 Å². The molecule has 40 heavy (non-hydrogen) atoms. The monoisotopic (exact) mass is 551 g/mol. The van der Waals surface area contributed by atoms with Gasteiger partial charge >= 0.3 is 0 Å². The average Bonchev–Trinajstić information content (AvgIpc) is 3.24. The van der Waals surface area contributed by atoms with E-state index in [9.17, 15) is 14.0 Å². The van der Waals surface area contributed by atoms with E-state index in [-0.39, 0.29) is 23.7 Å². The lowest BCUT2D eigenvalue weighted by Crippen LogP contribution is -2.48. The summed E-state index contributed by atoms with van der Waals surface area (Å²) in [5.74, 6) is -0.573. The van der Waals surface area contributed by atoms with E-state index in [1.54, 1.807) is 4.90 Å². The van der Waals surface area contributed by atoms with Crippen molar-refractivity contribution >= 4 is 11.8 Å². The molecule has 216 valence electrons. The summed E-state index contributed by atoms with van der Waals surface area (Å²) in [4.78, 5) is 36.3. The van der Waals surface area contributed by atoms with E-state index in [0.29, 0.717) is 31.6 Å². The molecule has 3 aliphatic heterocycles. The molecule has 0 radical (unpaired) electrons. The van der Waals surface area contributed by atoms with Gasteiger partial charge in [-0.25, -0.2) is 4.39 Å². The molecule has 0 saturated carbocycles. The van der Waals surface area contributed by atoms with E-state index in [1.807, 2.05) is 4.90 Å². The molecular weight excluding hydrogens is 509 g/mol. The van der Waals surface area contributed by atoms with Crippen molar-refractivity contribution in [2.45, 2.75) is 38.4 Å². The van der Waals surface area contributed by atoms with Gasteiger partial charge in [-0.15, -0.1) is 0 Å². The SMILES string of the molecule is Cc1ccccc1CN(CCN1CCOCC1)C1CC(C(=O)N2CCCNCC2)N(C(=O)c2ccc(F)cc2)C1. The summed E-state index contributed by atoms with van der Waals surface area (Å²) in [5.41, 5.74) is 2.91. The van der Waals surface area contributed by atoms with Gasteiger partial charge in [-0.1, -0.05) is 24.3 Å². The molecule has 0 bridgehead atoms. The van der Waals surface area contributed by atoms with Crippen LogP contribution in [0.5, 0.6) is 0 Å². The van der Waals surface area contributed by atoms with E-state index >= 15 is 0 Å². The van der Waals surface area contributed by atoms with Gasteiger partial charge in [-0.3, -0.25) is 19.4 Å². The fraction of sp³-hybridized carbons (Fsp3) is 0.548. The summed E-state index contributed by atoms with van der Waals surface area (Å²) in [6, 6.07) is 13.6. The molecule has 2 aromatic rings. The highest BCUT2D eigenvalue weighted by molar-refractivity contribution is 5.98. The largest absolute Gasteiger partial charge is 0.379 e. The fourth-order valence-corrected chi connectivity index (χ4v) is 6.06. The standard InChI is InChI=1S/C31H42FN5O3/c1-24-5-2-3-6-26(24)22-36(16-15-34-17-19-40-20-18-34)28-21-29(31(39)35-13-4-11-33-12-14-35)37(23-28)30(38)25-7-9-27(32)10-8-25/h2-3,5-10,28-29,33H,4,11-23H2,1H3. The molecule has 5 rings (SSSR count). The normalized spacial score (nSPS) is 22.5. The highest BCUT2D eigenvalue weighted by Gasteiger charge is 2.43. The van der Waals surface area contributed by atoms with Gasteiger partial charge in [-0.2, -0.15) is 0 Å². The smallest absolute Gasteiger partial charge is 0.254 e. The van der Waals surface area contributed by atoms with Gasteiger partial charge in [0.2, 0.25) is 5.91 Å². The molecule has 0 spiro atoms. The van der Waals surface area contributed by atoms with Crippen molar-refractivity contribution in [3.63, 3.8) is 0 Å². The third-order valence-electron chi connectivity index (χ3n) is 8.53. The van der Waals surface area contributed by atoms with Crippen LogP contribution in [0.25, 0.3) is 0 Å². The Morgan fingerprint density at radius 3 is 2.58 bits per heavy atom. The Bertz CT molecular complexity index is 1130. The van der Waals surface area contributed by atoms with E-state index in [2.05, 4.69) is 46.3 Å². The number of benzene rings is 2. The van der Waals surface area contributed by atoms with Crippen LogP contribution in [0.2, 0.25) is 0 Å². The summed E-state index contributed by atoms with van der Waals surface area (Å²) >= 11 is 0. The molecule has 8 nitrogen and oxygen atoms in total. The average molecular weight is 552 g/mol. The van der Waals surface area contributed by atoms with Crippen molar-refractivity contribution in [1.82, 2.24) is 24.9 Å². The Morgan fingerprint density at radius 1 is 1.02 bits per heavy atom. The molecule has 9 heteroatoms. The Balaban J connectivity index is 1.40. The molecule has 2 unspecified atom stereocenters. The summed E-state index contributed by atoms with van der Waals surface area (Å²) in [6.07, 6.45) is 1.48. The summed E-state index contributed by atoms with van der Waals surface area (Å²) in [6.45, 7) is 11.4. The molecule has 2 atom stereocenters. The van der Waals surface area contributed by atoms with Crippen molar-refractivity contribution in [2.75, 3.05) is 72.1 Å².